The fourth-order valence-electron chi connectivity index (χ4n) is 4.14. The van der Waals surface area contributed by atoms with Gasteiger partial charge in [0.05, 0.1) is 3.57 Å². The SMILES string of the molecule is Cc1ccc(P(=O)(c2ccc(C)cc2)c2cc(Oc3ccccc3)c3c(c2I)OC(C)(C)O3)cc1. The Balaban J connectivity index is 1.78. The lowest BCUT2D eigenvalue weighted by Crippen LogP contribution is -2.30. The van der Waals surface area contributed by atoms with Crippen LogP contribution in [-0.2, 0) is 4.57 Å². The number of hydrogen-bond donors (Lipinski definition) is 0. The largest absolute Gasteiger partial charge is 0.453 e. The van der Waals surface area contributed by atoms with Crippen molar-refractivity contribution < 1.29 is 18.8 Å². The van der Waals surface area contributed by atoms with E-state index in [1.807, 2.05) is 113 Å². The molecular formula is C29H26IO4P. The molecule has 1 aliphatic rings. The molecule has 4 aromatic rings. The smallest absolute Gasteiger partial charge is 0.246 e. The maximum Gasteiger partial charge on any atom is 0.246 e. The second-order valence-corrected chi connectivity index (χ2v) is 13.0. The Labute approximate surface area is 219 Å². The predicted octanol–water partition coefficient (Wildman–Crippen LogP) is 6.85. The maximum atomic E-state index is 15.3. The van der Waals surface area contributed by atoms with E-state index < -0.39 is 12.9 Å². The van der Waals surface area contributed by atoms with Crippen molar-refractivity contribution in [3.05, 3.63) is 99.6 Å². The summed E-state index contributed by atoms with van der Waals surface area (Å²) in [6, 6.07) is 27.2. The molecule has 4 nitrogen and oxygen atoms in total. The standard InChI is InChI=1S/C29H26IO4P/c1-19-10-14-22(15-11-19)35(31,23-16-12-20(2)13-17-23)25-18-24(32-21-8-6-5-7-9-21)27-28(26(25)30)34-29(3,4)33-27/h5-18H,1-4H3. The van der Waals surface area contributed by atoms with E-state index in [0.717, 1.165) is 25.3 Å². The fraction of sp³-hybridized carbons (Fsp3) is 0.172. The minimum atomic E-state index is -3.28. The van der Waals surface area contributed by atoms with Gasteiger partial charge in [-0.25, -0.2) is 0 Å². The van der Waals surface area contributed by atoms with Crippen molar-refractivity contribution in [1.82, 2.24) is 0 Å². The van der Waals surface area contributed by atoms with Gasteiger partial charge in [-0.1, -0.05) is 77.9 Å². The molecule has 0 saturated heterocycles. The third-order valence-electron chi connectivity index (χ3n) is 5.92. The lowest BCUT2D eigenvalue weighted by atomic mass is 10.2. The highest BCUT2D eigenvalue weighted by Gasteiger charge is 2.41. The van der Waals surface area contributed by atoms with Gasteiger partial charge in [0, 0.05) is 29.8 Å². The lowest BCUT2D eigenvalue weighted by Gasteiger charge is -2.23. The number of halogens is 1. The molecule has 0 N–H and O–H groups in total. The summed E-state index contributed by atoms with van der Waals surface area (Å²) in [5.74, 6) is 1.35. The van der Waals surface area contributed by atoms with Crippen LogP contribution in [0.5, 0.6) is 23.0 Å². The zero-order valence-electron chi connectivity index (χ0n) is 20.0. The van der Waals surface area contributed by atoms with E-state index in [-0.39, 0.29) is 0 Å². The van der Waals surface area contributed by atoms with Crippen LogP contribution in [0, 0.1) is 17.4 Å². The Morgan fingerprint density at radius 3 is 1.83 bits per heavy atom. The molecule has 0 radical (unpaired) electrons. The third kappa shape index (κ3) is 4.48. The molecule has 1 aliphatic heterocycles. The summed E-state index contributed by atoms with van der Waals surface area (Å²) in [6.45, 7) is 7.76. The summed E-state index contributed by atoms with van der Waals surface area (Å²) < 4.78 is 34.7. The summed E-state index contributed by atoms with van der Waals surface area (Å²) in [5.41, 5.74) is 2.22. The number of hydrogen-bond acceptors (Lipinski definition) is 4. The zero-order valence-corrected chi connectivity index (χ0v) is 23.1. The molecule has 4 aromatic carbocycles. The molecule has 178 valence electrons. The van der Waals surface area contributed by atoms with Crippen molar-refractivity contribution in [1.29, 1.82) is 0 Å². The Kier molecular flexibility index (Phi) is 6.18. The second-order valence-electron chi connectivity index (χ2n) is 9.17. The Hall–Kier alpha value is -2.76. The number of benzene rings is 4. The van der Waals surface area contributed by atoms with Crippen LogP contribution in [0.4, 0.5) is 0 Å². The zero-order chi connectivity index (χ0) is 24.8. The number of rotatable bonds is 5. The van der Waals surface area contributed by atoms with Gasteiger partial charge >= 0.3 is 0 Å². The minimum absolute atomic E-state index is 0.478. The van der Waals surface area contributed by atoms with Crippen molar-refractivity contribution in [3.8, 4) is 23.0 Å². The first kappa shape index (κ1) is 24.0. The van der Waals surface area contributed by atoms with Crippen molar-refractivity contribution in [2.45, 2.75) is 33.5 Å². The van der Waals surface area contributed by atoms with E-state index in [0.29, 0.717) is 28.3 Å². The summed E-state index contributed by atoms with van der Waals surface area (Å²) in [6.07, 6.45) is 0. The van der Waals surface area contributed by atoms with Crippen molar-refractivity contribution in [2.24, 2.45) is 0 Å². The Morgan fingerprint density at radius 2 is 1.29 bits per heavy atom. The first-order valence-corrected chi connectivity index (χ1v) is 14.2. The lowest BCUT2D eigenvalue weighted by molar-refractivity contribution is -0.0441. The monoisotopic (exact) mass is 596 g/mol. The summed E-state index contributed by atoms with van der Waals surface area (Å²) in [4.78, 5) is 0. The molecule has 0 amide bonds. The van der Waals surface area contributed by atoms with Gasteiger partial charge in [-0.2, -0.15) is 0 Å². The van der Waals surface area contributed by atoms with E-state index in [1.165, 1.54) is 0 Å². The van der Waals surface area contributed by atoms with Crippen LogP contribution in [0.15, 0.2) is 84.9 Å². The van der Waals surface area contributed by atoms with E-state index in [9.17, 15) is 0 Å². The molecule has 5 rings (SSSR count). The van der Waals surface area contributed by atoms with E-state index >= 15 is 4.57 Å². The maximum absolute atomic E-state index is 15.3. The third-order valence-corrected chi connectivity index (χ3v) is 10.5. The quantitative estimate of drug-likeness (QED) is 0.187. The highest BCUT2D eigenvalue weighted by Crippen LogP contribution is 2.54. The molecule has 0 atom stereocenters. The number of para-hydroxylation sites is 1. The van der Waals surface area contributed by atoms with Crippen LogP contribution in [0.3, 0.4) is 0 Å². The second kappa shape index (κ2) is 9.03. The number of fused-ring (bicyclic) bond motifs is 1. The summed E-state index contributed by atoms with van der Waals surface area (Å²) in [5, 5.41) is 2.18. The van der Waals surface area contributed by atoms with E-state index in [4.69, 9.17) is 14.2 Å². The van der Waals surface area contributed by atoms with Gasteiger partial charge in [-0.05, 0) is 54.6 Å². The van der Waals surface area contributed by atoms with Gasteiger partial charge in [-0.3, -0.25) is 0 Å². The van der Waals surface area contributed by atoms with Crippen LogP contribution >= 0.6 is 29.7 Å². The molecule has 35 heavy (non-hydrogen) atoms. The molecule has 1 heterocycles. The van der Waals surface area contributed by atoms with Crippen LogP contribution < -0.4 is 30.1 Å². The molecule has 0 spiro atoms. The van der Waals surface area contributed by atoms with E-state index in [2.05, 4.69) is 22.6 Å². The first-order valence-electron chi connectivity index (χ1n) is 11.4. The predicted molar refractivity (Wildman–Crippen MR) is 150 cm³/mol. The van der Waals surface area contributed by atoms with Gasteiger partial charge in [0.1, 0.15) is 5.75 Å². The summed E-state index contributed by atoms with van der Waals surface area (Å²) in [7, 11) is -3.28. The molecule has 0 fully saturated rings. The van der Waals surface area contributed by atoms with Crippen molar-refractivity contribution in [3.63, 3.8) is 0 Å². The topological polar surface area (TPSA) is 44.8 Å². The molecule has 0 aromatic heterocycles. The van der Waals surface area contributed by atoms with Crippen LogP contribution in [0.1, 0.15) is 25.0 Å². The fourth-order valence-corrected chi connectivity index (χ4v) is 8.34. The number of aryl methyl sites for hydroxylation is 2. The highest BCUT2D eigenvalue weighted by molar-refractivity contribution is 14.1. The average Bonchev–Trinajstić information content (AvgIpc) is 3.18. The van der Waals surface area contributed by atoms with Crippen molar-refractivity contribution >= 4 is 45.6 Å². The van der Waals surface area contributed by atoms with Gasteiger partial charge in [0.25, 0.3) is 0 Å². The molecule has 0 saturated carbocycles. The molecule has 0 aliphatic carbocycles. The molecular weight excluding hydrogens is 570 g/mol. The van der Waals surface area contributed by atoms with Crippen molar-refractivity contribution in [2.75, 3.05) is 0 Å². The first-order chi connectivity index (χ1) is 16.7. The van der Waals surface area contributed by atoms with Gasteiger partial charge in [-0.15, -0.1) is 0 Å². The molecule has 6 heteroatoms. The Morgan fingerprint density at radius 1 is 0.771 bits per heavy atom. The Bertz CT molecular complexity index is 1380. The average molecular weight is 596 g/mol. The minimum Gasteiger partial charge on any atom is -0.453 e. The molecule has 0 unspecified atom stereocenters. The molecule has 0 bridgehead atoms. The van der Waals surface area contributed by atoms with E-state index in [1.54, 1.807) is 0 Å². The summed E-state index contributed by atoms with van der Waals surface area (Å²) >= 11 is 2.23. The highest BCUT2D eigenvalue weighted by atomic mass is 127. The van der Waals surface area contributed by atoms with Gasteiger partial charge in [0.15, 0.2) is 18.6 Å². The van der Waals surface area contributed by atoms with Crippen LogP contribution in [0.2, 0.25) is 0 Å². The van der Waals surface area contributed by atoms with Gasteiger partial charge in [0.2, 0.25) is 11.5 Å². The number of ether oxygens (including phenoxy) is 3. The van der Waals surface area contributed by atoms with Gasteiger partial charge < -0.3 is 18.8 Å². The van der Waals surface area contributed by atoms with Crippen LogP contribution in [0.25, 0.3) is 0 Å². The normalized spacial score (nSPS) is 14.1. The van der Waals surface area contributed by atoms with Crippen LogP contribution in [-0.4, -0.2) is 5.79 Å².